The highest BCUT2D eigenvalue weighted by Crippen LogP contribution is 2.32. The molecule has 156 valence electrons. The van der Waals surface area contributed by atoms with E-state index in [1.807, 2.05) is 29.2 Å². The largest absolute Gasteiger partial charge is 0.416 e. The van der Waals surface area contributed by atoms with Crippen molar-refractivity contribution in [3.63, 3.8) is 0 Å². The fourth-order valence-corrected chi connectivity index (χ4v) is 3.59. The van der Waals surface area contributed by atoms with E-state index < -0.39 is 23.5 Å². The maximum atomic E-state index is 13.2. The summed E-state index contributed by atoms with van der Waals surface area (Å²) < 4.78 is 59.0. The number of ether oxygens (including phenoxy) is 1. The van der Waals surface area contributed by atoms with Crippen LogP contribution in [0, 0.1) is 5.82 Å². The van der Waals surface area contributed by atoms with E-state index in [1.165, 1.54) is 0 Å². The normalized spacial score (nSPS) is 17.9. The molecule has 1 N–H and O–H groups in total. The van der Waals surface area contributed by atoms with E-state index in [2.05, 4.69) is 21.2 Å². The van der Waals surface area contributed by atoms with Crippen LogP contribution in [0.5, 0.6) is 0 Å². The van der Waals surface area contributed by atoms with E-state index in [-0.39, 0.29) is 24.8 Å². The van der Waals surface area contributed by atoms with Crippen LogP contribution in [0.1, 0.15) is 22.8 Å². The van der Waals surface area contributed by atoms with Crippen LogP contribution in [-0.2, 0) is 22.3 Å². The molecule has 1 unspecified atom stereocenters. The highest BCUT2D eigenvalue weighted by atomic mass is 79.9. The van der Waals surface area contributed by atoms with Gasteiger partial charge in [-0.15, -0.1) is 0 Å². The van der Waals surface area contributed by atoms with Gasteiger partial charge < -0.3 is 10.1 Å². The number of rotatable bonds is 5. The molecule has 9 heteroatoms. The van der Waals surface area contributed by atoms with Crippen LogP contribution < -0.4 is 5.32 Å². The molecule has 1 aliphatic rings. The van der Waals surface area contributed by atoms with Crippen LogP contribution in [0.3, 0.4) is 0 Å². The minimum atomic E-state index is -4.69. The van der Waals surface area contributed by atoms with Gasteiger partial charge in [-0.1, -0.05) is 34.1 Å². The summed E-state index contributed by atoms with van der Waals surface area (Å²) in [7, 11) is 0. The number of hydrogen-bond acceptors (Lipinski definition) is 3. The first-order chi connectivity index (χ1) is 13.7. The van der Waals surface area contributed by atoms with E-state index in [0.29, 0.717) is 25.8 Å². The molecule has 29 heavy (non-hydrogen) atoms. The number of amides is 1. The average Bonchev–Trinajstić information content (AvgIpc) is 2.66. The summed E-state index contributed by atoms with van der Waals surface area (Å²) in [6.07, 6.45) is -4.88. The van der Waals surface area contributed by atoms with Gasteiger partial charge in [-0.2, -0.15) is 13.2 Å². The number of benzene rings is 2. The molecule has 2 aromatic rings. The summed E-state index contributed by atoms with van der Waals surface area (Å²) in [6, 6.07) is 10.1. The Morgan fingerprint density at radius 2 is 2.03 bits per heavy atom. The Balaban J connectivity index is 1.57. The summed E-state index contributed by atoms with van der Waals surface area (Å²) in [4.78, 5) is 14.1. The fourth-order valence-electron chi connectivity index (χ4n) is 3.17. The lowest BCUT2D eigenvalue weighted by molar-refractivity contribution is -0.138. The second-order valence-corrected chi connectivity index (χ2v) is 7.64. The predicted molar refractivity (Wildman–Crippen MR) is 103 cm³/mol. The molecule has 3 rings (SSSR count). The van der Waals surface area contributed by atoms with Crippen LogP contribution in [0.4, 0.5) is 17.6 Å². The van der Waals surface area contributed by atoms with E-state index in [0.717, 1.165) is 22.2 Å². The molecule has 0 aliphatic carbocycles. The van der Waals surface area contributed by atoms with Gasteiger partial charge >= 0.3 is 6.18 Å². The maximum Gasteiger partial charge on any atom is 0.416 e. The molecule has 1 heterocycles. The molecule has 1 aliphatic heterocycles. The van der Waals surface area contributed by atoms with E-state index in [4.69, 9.17) is 4.74 Å². The van der Waals surface area contributed by atoms with E-state index in [9.17, 15) is 22.4 Å². The maximum absolute atomic E-state index is 13.2. The number of hydrogen-bond donors (Lipinski definition) is 1. The number of carbonyl (C=O) groups excluding carboxylic acids is 1. The van der Waals surface area contributed by atoms with Crippen molar-refractivity contribution in [3.05, 3.63) is 69.4 Å². The van der Waals surface area contributed by atoms with Gasteiger partial charge in [0.05, 0.1) is 24.8 Å². The number of alkyl halides is 3. The Morgan fingerprint density at radius 3 is 2.76 bits per heavy atom. The third-order valence-corrected chi connectivity index (χ3v) is 5.08. The number of halogens is 5. The minimum Gasteiger partial charge on any atom is -0.371 e. The van der Waals surface area contributed by atoms with Crippen molar-refractivity contribution in [2.45, 2.75) is 18.8 Å². The molecular formula is C20H19BrF4N2O2. The molecular weight excluding hydrogens is 456 g/mol. The lowest BCUT2D eigenvalue weighted by Crippen LogP contribution is -2.44. The van der Waals surface area contributed by atoms with E-state index >= 15 is 0 Å². The zero-order valence-corrected chi connectivity index (χ0v) is 16.9. The SMILES string of the molecule is O=C(CN1CCOC(c2cccc(Br)c2)C1)NCc1ccc(F)cc1C(F)(F)F. The second kappa shape index (κ2) is 9.23. The Morgan fingerprint density at radius 1 is 1.24 bits per heavy atom. The smallest absolute Gasteiger partial charge is 0.371 e. The van der Waals surface area contributed by atoms with Crippen molar-refractivity contribution in [2.24, 2.45) is 0 Å². The topological polar surface area (TPSA) is 41.6 Å². The predicted octanol–water partition coefficient (Wildman–Crippen LogP) is 4.30. The molecule has 1 atom stereocenters. The molecule has 0 bridgehead atoms. The first-order valence-electron chi connectivity index (χ1n) is 8.94. The van der Waals surface area contributed by atoms with Crippen molar-refractivity contribution in [1.29, 1.82) is 0 Å². The van der Waals surface area contributed by atoms with Gasteiger partial charge in [0, 0.05) is 24.1 Å². The van der Waals surface area contributed by atoms with Crippen LogP contribution in [-0.4, -0.2) is 37.0 Å². The molecule has 4 nitrogen and oxygen atoms in total. The summed E-state index contributed by atoms with van der Waals surface area (Å²) >= 11 is 3.41. The molecule has 0 spiro atoms. The average molecular weight is 475 g/mol. The number of morpholine rings is 1. The summed E-state index contributed by atoms with van der Waals surface area (Å²) in [5.74, 6) is -1.38. The fraction of sp³-hybridized carbons (Fsp3) is 0.350. The zero-order valence-electron chi connectivity index (χ0n) is 15.3. The molecule has 1 amide bonds. The van der Waals surface area contributed by atoms with Crippen LogP contribution in [0.2, 0.25) is 0 Å². The standard InChI is InChI=1S/C20H19BrF4N2O2/c21-15-3-1-2-13(8-15)18-11-27(6-7-29-18)12-19(28)26-10-14-4-5-16(22)9-17(14)20(23,24)25/h1-5,8-9,18H,6-7,10-12H2,(H,26,28). The van der Waals surface area contributed by atoms with Crippen LogP contribution >= 0.6 is 15.9 Å². The number of carbonyl (C=O) groups is 1. The Hall–Kier alpha value is -1.97. The Bertz CT molecular complexity index is 876. The Kier molecular flexibility index (Phi) is 6.92. The lowest BCUT2D eigenvalue weighted by atomic mass is 10.1. The first-order valence-corrected chi connectivity index (χ1v) is 9.73. The van der Waals surface area contributed by atoms with Gasteiger partial charge in [-0.25, -0.2) is 4.39 Å². The lowest BCUT2D eigenvalue weighted by Gasteiger charge is -2.32. The molecule has 2 aromatic carbocycles. The highest BCUT2D eigenvalue weighted by Gasteiger charge is 2.33. The van der Waals surface area contributed by atoms with Crippen molar-refractivity contribution in [1.82, 2.24) is 10.2 Å². The van der Waals surface area contributed by atoms with Crippen LogP contribution in [0.25, 0.3) is 0 Å². The number of nitrogens with one attached hydrogen (secondary N) is 1. The van der Waals surface area contributed by atoms with Gasteiger partial charge in [0.1, 0.15) is 5.82 Å². The number of nitrogens with zero attached hydrogens (tertiary/aromatic N) is 1. The van der Waals surface area contributed by atoms with Gasteiger partial charge in [0.15, 0.2) is 0 Å². The molecule has 0 radical (unpaired) electrons. The van der Waals surface area contributed by atoms with Crippen molar-refractivity contribution >= 4 is 21.8 Å². The summed E-state index contributed by atoms with van der Waals surface area (Å²) in [6.45, 7) is 1.20. The second-order valence-electron chi connectivity index (χ2n) is 6.73. The third kappa shape index (κ3) is 6.01. The third-order valence-electron chi connectivity index (χ3n) is 4.59. The van der Waals surface area contributed by atoms with Gasteiger partial charge in [0.25, 0.3) is 0 Å². The van der Waals surface area contributed by atoms with E-state index in [1.54, 1.807) is 0 Å². The summed E-state index contributed by atoms with van der Waals surface area (Å²) in [5, 5.41) is 2.49. The van der Waals surface area contributed by atoms with Gasteiger partial charge in [0.2, 0.25) is 5.91 Å². The van der Waals surface area contributed by atoms with Gasteiger partial charge in [-0.05, 0) is 35.4 Å². The monoisotopic (exact) mass is 474 g/mol. The minimum absolute atomic E-state index is 0.0381. The van der Waals surface area contributed by atoms with Crippen molar-refractivity contribution in [3.8, 4) is 0 Å². The highest BCUT2D eigenvalue weighted by molar-refractivity contribution is 9.10. The summed E-state index contributed by atoms with van der Waals surface area (Å²) in [5.41, 5.74) is -0.286. The molecule has 0 aromatic heterocycles. The molecule has 0 saturated carbocycles. The van der Waals surface area contributed by atoms with Crippen LogP contribution in [0.15, 0.2) is 46.9 Å². The Labute approximate surface area is 174 Å². The molecule has 1 fully saturated rings. The zero-order chi connectivity index (χ0) is 21.0. The van der Waals surface area contributed by atoms with Crippen molar-refractivity contribution in [2.75, 3.05) is 26.2 Å². The van der Waals surface area contributed by atoms with Gasteiger partial charge in [-0.3, -0.25) is 9.69 Å². The molecule has 1 saturated heterocycles. The first kappa shape index (κ1) is 21.7. The quantitative estimate of drug-likeness (QED) is 0.657. The van der Waals surface area contributed by atoms with Crippen molar-refractivity contribution < 1.29 is 27.1 Å².